The Balaban J connectivity index is 2.93. The second-order valence-corrected chi connectivity index (χ2v) is 7.09. The summed E-state index contributed by atoms with van der Waals surface area (Å²) >= 11 is 2.29. The summed E-state index contributed by atoms with van der Waals surface area (Å²) in [5.74, 6) is 0. The van der Waals surface area contributed by atoms with Crippen molar-refractivity contribution in [3.05, 3.63) is 0 Å². The molecule has 0 heterocycles. The van der Waals surface area contributed by atoms with Gasteiger partial charge in [-0.3, -0.25) is 4.99 Å². The summed E-state index contributed by atoms with van der Waals surface area (Å²) in [5, 5.41) is 0. The molecule has 15 heavy (non-hydrogen) atoms. The lowest BCUT2D eigenvalue weighted by molar-refractivity contribution is -0.0676. The highest BCUT2D eigenvalue weighted by atomic mass is 127. The Labute approximate surface area is 105 Å². The lowest BCUT2D eigenvalue weighted by atomic mass is 9.48. The average molecular weight is 324 g/mol. The van der Waals surface area contributed by atoms with Gasteiger partial charge in [0.05, 0.1) is 3.55 Å². The van der Waals surface area contributed by atoms with Crippen molar-refractivity contribution in [2.24, 2.45) is 33.0 Å². The van der Waals surface area contributed by atoms with Crippen LogP contribution in [0.4, 0.5) is 0 Å². The van der Waals surface area contributed by atoms with Gasteiger partial charge in [-0.1, -0.05) is 43.4 Å². The number of nitrogens with two attached hydrogens (primary N) is 3. The lowest BCUT2D eigenvalue weighted by Crippen LogP contribution is -2.76. The molecule has 0 aromatic rings. The number of aliphatic imine (C=N–C) groups is 1. The van der Waals surface area contributed by atoms with Crippen molar-refractivity contribution in [1.29, 1.82) is 0 Å². The predicted molar refractivity (Wildman–Crippen MR) is 72.9 cm³/mol. The van der Waals surface area contributed by atoms with Crippen LogP contribution in [0.3, 0.4) is 0 Å². The van der Waals surface area contributed by atoms with Crippen LogP contribution >= 0.6 is 22.6 Å². The molecule has 0 aromatic heterocycles. The van der Waals surface area contributed by atoms with E-state index in [1.54, 1.807) is 0 Å². The fourth-order valence-corrected chi connectivity index (χ4v) is 3.43. The van der Waals surface area contributed by atoms with Crippen molar-refractivity contribution in [2.75, 3.05) is 0 Å². The van der Waals surface area contributed by atoms with Gasteiger partial charge in [-0.2, -0.15) is 0 Å². The molecular weight excluding hydrogens is 303 g/mol. The summed E-state index contributed by atoms with van der Waals surface area (Å²) in [6, 6.07) is -0.245. The number of hydrogen-bond acceptors (Lipinski definition) is 4. The molecular formula is C10H21IN4. The SMILES string of the molecule is C=NC(N)C(N)C1(C)CC(C)(C)C1(N)I. The molecule has 0 radical (unpaired) electrons. The molecule has 4 nitrogen and oxygen atoms in total. The quantitative estimate of drug-likeness (QED) is 0.311. The highest BCUT2D eigenvalue weighted by molar-refractivity contribution is 14.1. The Morgan fingerprint density at radius 3 is 2.07 bits per heavy atom. The summed E-state index contributed by atoms with van der Waals surface area (Å²) in [5.41, 5.74) is 18.2. The van der Waals surface area contributed by atoms with E-state index in [0.717, 1.165) is 6.42 Å². The van der Waals surface area contributed by atoms with Crippen LogP contribution < -0.4 is 17.2 Å². The summed E-state index contributed by atoms with van der Waals surface area (Å²) in [6.07, 6.45) is 0.521. The zero-order valence-electron chi connectivity index (χ0n) is 9.63. The number of hydrogen-bond donors (Lipinski definition) is 3. The van der Waals surface area contributed by atoms with E-state index in [9.17, 15) is 0 Å². The van der Waals surface area contributed by atoms with Crippen LogP contribution in [0, 0.1) is 10.8 Å². The van der Waals surface area contributed by atoms with Crippen LogP contribution in [-0.2, 0) is 0 Å². The van der Waals surface area contributed by atoms with Crippen LogP contribution in [0.1, 0.15) is 27.2 Å². The van der Waals surface area contributed by atoms with E-state index in [4.69, 9.17) is 17.2 Å². The molecule has 88 valence electrons. The summed E-state index contributed by atoms with van der Waals surface area (Å²) in [4.78, 5) is 3.79. The molecule has 1 saturated carbocycles. The van der Waals surface area contributed by atoms with Crippen LogP contribution in [-0.4, -0.2) is 22.5 Å². The Kier molecular flexibility index (Phi) is 3.24. The van der Waals surface area contributed by atoms with Gasteiger partial charge in [0.25, 0.3) is 0 Å². The molecule has 0 aromatic carbocycles. The first kappa shape index (κ1) is 13.3. The van der Waals surface area contributed by atoms with Crippen LogP contribution in [0.5, 0.6) is 0 Å². The van der Waals surface area contributed by atoms with Crippen molar-refractivity contribution in [1.82, 2.24) is 0 Å². The van der Waals surface area contributed by atoms with Gasteiger partial charge in [0.15, 0.2) is 0 Å². The van der Waals surface area contributed by atoms with Crippen molar-refractivity contribution in [3.8, 4) is 0 Å². The molecule has 6 N–H and O–H groups in total. The van der Waals surface area contributed by atoms with Gasteiger partial charge < -0.3 is 17.2 Å². The Morgan fingerprint density at radius 1 is 1.33 bits per heavy atom. The molecule has 0 spiro atoms. The second kappa shape index (κ2) is 3.65. The van der Waals surface area contributed by atoms with E-state index in [1.807, 2.05) is 0 Å². The molecule has 1 aliphatic rings. The summed E-state index contributed by atoms with van der Waals surface area (Å²) in [6.45, 7) is 9.83. The zero-order chi connectivity index (χ0) is 12.1. The van der Waals surface area contributed by atoms with Crippen LogP contribution in [0.25, 0.3) is 0 Å². The Hall–Kier alpha value is 0.280. The highest BCUT2D eigenvalue weighted by Gasteiger charge is 2.67. The Bertz CT molecular complexity index is 277. The minimum atomic E-state index is -0.441. The van der Waals surface area contributed by atoms with Crippen LogP contribution in [0.2, 0.25) is 0 Å². The third kappa shape index (κ3) is 1.64. The number of halogens is 1. The Morgan fingerprint density at radius 2 is 1.80 bits per heavy atom. The monoisotopic (exact) mass is 324 g/mol. The largest absolute Gasteiger partial charge is 0.324 e. The van der Waals surface area contributed by atoms with Crippen molar-refractivity contribution >= 4 is 29.3 Å². The van der Waals surface area contributed by atoms with E-state index in [0.29, 0.717) is 0 Å². The first-order chi connectivity index (χ1) is 6.60. The van der Waals surface area contributed by atoms with E-state index >= 15 is 0 Å². The topological polar surface area (TPSA) is 90.4 Å². The number of alkyl halides is 1. The first-order valence-corrected chi connectivity index (χ1v) is 6.13. The molecule has 5 heteroatoms. The van der Waals surface area contributed by atoms with Gasteiger partial charge in [0.2, 0.25) is 0 Å². The average Bonchev–Trinajstić information content (AvgIpc) is 2.14. The van der Waals surface area contributed by atoms with Crippen molar-refractivity contribution < 1.29 is 0 Å². The van der Waals surface area contributed by atoms with Gasteiger partial charge in [0.1, 0.15) is 6.17 Å². The highest BCUT2D eigenvalue weighted by Crippen LogP contribution is 2.65. The third-order valence-corrected chi connectivity index (χ3v) is 6.63. The molecule has 0 aliphatic heterocycles. The molecule has 0 saturated heterocycles. The number of nitrogens with zero attached hydrogens (tertiary/aromatic N) is 1. The zero-order valence-corrected chi connectivity index (χ0v) is 11.8. The molecule has 4 atom stereocenters. The van der Waals surface area contributed by atoms with Crippen molar-refractivity contribution in [2.45, 2.75) is 42.9 Å². The minimum Gasteiger partial charge on any atom is -0.324 e. The maximum atomic E-state index is 6.36. The van der Waals surface area contributed by atoms with E-state index in [1.165, 1.54) is 0 Å². The summed E-state index contributed by atoms with van der Waals surface area (Å²) < 4.78 is -0.348. The third-order valence-electron chi connectivity index (χ3n) is 3.94. The first-order valence-electron chi connectivity index (χ1n) is 5.05. The smallest absolute Gasteiger partial charge is 0.112 e. The fraction of sp³-hybridized carbons (Fsp3) is 0.900. The molecule has 0 amide bonds. The predicted octanol–water partition coefficient (Wildman–Crippen LogP) is 0.825. The van der Waals surface area contributed by atoms with Crippen molar-refractivity contribution in [3.63, 3.8) is 0 Å². The standard InChI is InChI=1S/C10H21IN4/c1-8(2)5-9(3,10(8,11)14)6(12)7(13)15-4/h6-7H,4-5,12-14H2,1-3H3. The van der Waals surface area contributed by atoms with E-state index in [2.05, 4.69) is 55.1 Å². The van der Waals surface area contributed by atoms with Gasteiger partial charge in [0, 0.05) is 11.5 Å². The lowest BCUT2D eigenvalue weighted by Gasteiger charge is -2.66. The molecule has 1 aliphatic carbocycles. The van der Waals surface area contributed by atoms with Gasteiger partial charge >= 0.3 is 0 Å². The normalized spacial score (nSPS) is 42.9. The maximum Gasteiger partial charge on any atom is 0.112 e. The fourth-order valence-electron chi connectivity index (χ4n) is 2.69. The van der Waals surface area contributed by atoms with Gasteiger partial charge in [-0.05, 0) is 18.6 Å². The molecule has 1 rings (SSSR count). The van der Waals surface area contributed by atoms with Gasteiger partial charge in [-0.25, -0.2) is 0 Å². The van der Waals surface area contributed by atoms with Gasteiger partial charge in [-0.15, -0.1) is 0 Å². The second-order valence-electron chi connectivity index (χ2n) is 5.39. The molecule has 4 unspecified atom stereocenters. The number of rotatable bonds is 3. The molecule has 1 fully saturated rings. The van der Waals surface area contributed by atoms with E-state index < -0.39 is 6.17 Å². The summed E-state index contributed by atoms with van der Waals surface area (Å²) in [7, 11) is 0. The van der Waals surface area contributed by atoms with E-state index in [-0.39, 0.29) is 20.4 Å². The maximum absolute atomic E-state index is 6.36. The molecule has 0 bridgehead atoms. The van der Waals surface area contributed by atoms with Crippen LogP contribution in [0.15, 0.2) is 4.99 Å². The minimum absolute atomic E-state index is 0.0841.